The molecule has 0 saturated heterocycles. The van der Waals surface area contributed by atoms with Crippen molar-refractivity contribution in [3.8, 4) is 11.4 Å². The van der Waals surface area contributed by atoms with Gasteiger partial charge < -0.3 is 0 Å². The van der Waals surface area contributed by atoms with Crippen molar-refractivity contribution in [2.24, 2.45) is 0 Å². The van der Waals surface area contributed by atoms with Crippen LogP contribution >= 0.6 is 0 Å². The second-order valence-corrected chi connectivity index (χ2v) is 2.95. The Morgan fingerprint density at radius 3 is 1.43 bits per heavy atom. The molecule has 2 nitrogen and oxygen atoms in total. The molecule has 62 valence electrons. The standard InChI is InChI=1S/C10H6B2N2/c11-7-1-3-9(13-5-7)10-4-2-8(12)6-14-10/h1-6H. The van der Waals surface area contributed by atoms with Crippen molar-refractivity contribution in [2.75, 3.05) is 0 Å². The number of hydrogen-bond donors (Lipinski definition) is 0. The lowest BCUT2D eigenvalue weighted by Crippen LogP contribution is -2.05. The second-order valence-electron chi connectivity index (χ2n) is 2.95. The lowest BCUT2D eigenvalue weighted by Gasteiger charge is -2.00. The van der Waals surface area contributed by atoms with Crippen molar-refractivity contribution in [2.45, 2.75) is 0 Å². The predicted molar refractivity (Wildman–Crippen MR) is 58.2 cm³/mol. The summed E-state index contributed by atoms with van der Waals surface area (Å²) in [6.07, 6.45) is 3.21. The van der Waals surface area contributed by atoms with Crippen LogP contribution in [0.4, 0.5) is 0 Å². The molecule has 2 aromatic rings. The first-order valence-corrected chi connectivity index (χ1v) is 4.19. The van der Waals surface area contributed by atoms with Gasteiger partial charge in [-0.15, -0.1) is 0 Å². The van der Waals surface area contributed by atoms with Crippen LogP contribution in [0.15, 0.2) is 36.7 Å². The van der Waals surface area contributed by atoms with E-state index in [2.05, 4.69) is 9.97 Å². The van der Waals surface area contributed by atoms with Crippen molar-refractivity contribution >= 4 is 26.6 Å². The van der Waals surface area contributed by atoms with Gasteiger partial charge in [-0.2, -0.15) is 0 Å². The molecule has 0 saturated carbocycles. The molecule has 0 fully saturated rings. The normalized spacial score (nSPS) is 10.0. The summed E-state index contributed by atoms with van der Waals surface area (Å²) in [5.41, 5.74) is 2.87. The van der Waals surface area contributed by atoms with E-state index in [9.17, 15) is 0 Å². The molecule has 0 amide bonds. The second kappa shape index (κ2) is 3.66. The first kappa shape index (κ1) is 9.00. The highest BCUT2D eigenvalue weighted by atomic mass is 14.8. The zero-order valence-electron chi connectivity index (χ0n) is 7.51. The van der Waals surface area contributed by atoms with Crippen LogP contribution in [-0.4, -0.2) is 25.7 Å². The molecule has 0 atom stereocenters. The fourth-order valence-electron chi connectivity index (χ4n) is 1.11. The summed E-state index contributed by atoms with van der Waals surface area (Å²) in [6.45, 7) is 0. The van der Waals surface area contributed by atoms with Gasteiger partial charge in [0.05, 0.1) is 11.4 Å². The Kier molecular flexibility index (Phi) is 2.35. The van der Waals surface area contributed by atoms with Crippen molar-refractivity contribution in [3.63, 3.8) is 0 Å². The number of nitrogens with zero attached hydrogens (tertiary/aromatic N) is 2. The van der Waals surface area contributed by atoms with Crippen molar-refractivity contribution in [3.05, 3.63) is 36.7 Å². The van der Waals surface area contributed by atoms with Gasteiger partial charge in [0, 0.05) is 12.4 Å². The molecule has 2 rings (SSSR count). The monoisotopic (exact) mass is 176 g/mol. The Balaban J connectivity index is 2.40. The van der Waals surface area contributed by atoms with E-state index >= 15 is 0 Å². The van der Waals surface area contributed by atoms with E-state index in [1.54, 1.807) is 24.5 Å². The summed E-state index contributed by atoms with van der Waals surface area (Å²) in [6, 6.07) is 7.24. The predicted octanol–water partition coefficient (Wildman–Crippen LogP) is -0.269. The highest BCUT2D eigenvalue weighted by Crippen LogP contribution is 2.09. The molecule has 0 bridgehead atoms. The number of pyridine rings is 2. The zero-order valence-corrected chi connectivity index (χ0v) is 7.51. The van der Waals surface area contributed by atoms with Gasteiger partial charge in [-0.1, -0.05) is 23.1 Å². The van der Waals surface area contributed by atoms with Crippen LogP contribution < -0.4 is 10.9 Å². The first-order chi connectivity index (χ1) is 6.75. The van der Waals surface area contributed by atoms with Crippen molar-refractivity contribution in [1.82, 2.24) is 9.97 Å². The molecule has 0 aromatic carbocycles. The van der Waals surface area contributed by atoms with Crippen LogP contribution in [0, 0.1) is 0 Å². The van der Waals surface area contributed by atoms with Gasteiger partial charge in [0.1, 0.15) is 15.7 Å². The van der Waals surface area contributed by atoms with Crippen LogP contribution in [0.3, 0.4) is 0 Å². The Bertz CT molecular complexity index is 379. The van der Waals surface area contributed by atoms with Gasteiger partial charge in [-0.3, -0.25) is 9.97 Å². The quantitative estimate of drug-likeness (QED) is 0.558. The third-order valence-electron chi connectivity index (χ3n) is 1.84. The summed E-state index contributed by atoms with van der Waals surface area (Å²) < 4.78 is 0. The van der Waals surface area contributed by atoms with Crippen LogP contribution in [0.1, 0.15) is 0 Å². The first-order valence-electron chi connectivity index (χ1n) is 4.19. The highest BCUT2D eigenvalue weighted by molar-refractivity contribution is 6.32. The molecule has 2 aromatic heterocycles. The third kappa shape index (κ3) is 1.84. The molecule has 0 aliphatic rings. The maximum absolute atomic E-state index is 5.53. The highest BCUT2D eigenvalue weighted by Gasteiger charge is 1.98. The Hall–Kier alpha value is -1.57. The van der Waals surface area contributed by atoms with E-state index in [1.807, 2.05) is 12.1 Å². The number of hydrogen-bond acceptors (Lipinski definition) is 2. The Morgan fingerprint density at radius 2 is 1.14 bits per heavy atom. The zero-order chi connectivity index (χ0) is 9.97. The van der Waals surface area contributed by atoms with E-state index in [1.165, 1.54) is 0 Å². The molecule has 14 heavy (non-hydrogen) atoms. The number of rotatable bonds is 1. The van der Waals surface area contributed by atoms with E-state index in [0.29, 0.717) is 10.9 Å². The maximum atomic E-state index is 5.53. The third-order valence-corrected chi connectivity index (χ3v) is 1.84. The summed E-state index contributed by atoms with van der Waals surface area (Å²) >= 11 is 0. The fraction of sp³-hybridized carbons (Fsp3) is 0. The Labute approximate surface area is 85.2 Å². The summed E-state index contributed by atoms with van der Waals surface area (Å²) in [5, 5.41) is 0. The molecule has 4 heteroatoms. The molecule has 0 spiro atoms. The maximum Gasteiger partial charge on any atom is 0.115 e. The lowest BCUT2D eigenvalue weighted by molar-refractivity contribution is 1.26. The molecular formula is C10H6B2N2. The summed E-state index contributed by atoms with van der Waals surface area (Å²) in [4.78, 5) is 8.30. The van der Waals surface area contributed by atoms with Gasteiger partial charge in [0.15, 0.2) is 0 Å². The number of aromatic nitrogens is 2. The fourth-order valence-corrected chi connectivity index (χ4v) is 1.11. The van der Waals surface area contributed by atoms with Crippen LogP contribution in [0.5, 0.6) is 0 Å². The van der Waals surface area contributed by atoms with E-state index in [0.717, 1.165) is 11.4 Å². The van der Waals surface area contributed by atoms with E-state index in [4.69, 9.17) is 15.7 Å². The lowest BCUT2D eigenvalue weighted by atomic mass is 9.97. The average Bonchev–Trinajstić information content (AvgIpc) is 2.21. The molecule has 0 aliphatic carbocycles. The van der Waals surface area contributed by atoms with E-state index in [-0.39, 0.29) is 0 Å². The minimum Gasteiger partial charge on any atom is -0.255 e. The molecule has 0 unspecified atom stereocenters. The van der Waals surface area contributed by atoms with Crippen LogP contribution in [-0.2, 0) is 0 Å². The summed E-state index contributed by atoms with van der Waals surface area (Å²) in [5.74, 6) is 0. The molecule has 0 aliphatic heterocycles. The van der Waals surface area contributed by atoms with Gasteiger partial charge in [0.25, 0.3) is 0 Å². The molecule has 4 radical (unpaired) electrons. The minimum atomic E-state index is 0.643. The van der Waals surface area contributed by atoms with Crippen LogP contribution in [0.25, 0.3) is 11.4 Å². The molecule has 0 N–H and O–H groups in total. The van der Waals surface area contributed by atoms with Gasteiger partial charge in [-0.05, 0) is 12.1 Å². The van der Waals surface area contributed by atoms with E-state index < -0.39 is 0 Å². The van der Waals surface area contributed by atoms with Gasteiger partial charge in [-0.25, -0.2) is 0 Å². The smallest absolute Gasteiger partial charge is 0.115 e. The minimum absolute atomic E-state index is 0.643. The SMILES string of the molecule is [B]c1ccc(-c2ccc([B])cn2)nc1. The van der Waals surface area contributed by atoms with Crippen molar-refractivity contribution in [1.29, 1.82) is 0 Å². The average molecular weight is 176 g/mol. The molecular weight excluding hydrogens is 170 g/mol. The van der Waals surface area contributed by atoms with Gasteiger partial charge in [0.2, 0.25) is 0 Å². The van der Waals surface area contributed by atoms with Crippen molar-refractivity contribution < 1.29 is 0 Å². The summed E-state index contributed by atoms with van der Waals surface area (Å²) in [7, 11) is 11.1. The Morgan fingerprint density at radius 1 is 0.714 bits per heavy atom. The van der Waals surface area contributed by atoms with Crippen LogP contribution in [0.2, 0.25) is 0 Å². The van der Waals surface area contributed by atoms with Gasteiger partial charge >= 0.3 is 0 Å². The largest absolute Gasteiger partial charge is 0.255 e. The molecule has 2 heterocycles. The topological polar surface area (TPSA) is 25.8 Å².